The van der Waals surface area contributed by atoms with Gasteiger partial charge in [0, 0.05) is 24.6 Å². The number of carbonyl (C=O) groups excluding carboxylic acids is 1. The molecule has 1 aromatic heterocycles. The molecule has 0 atom stereocenters. The first-order valence-corrected chi connectivity index (χ1v) is 10.5. The van der Waals surface area contributed by atoms with E-state index in [1.54, 1.807) is 6.08 Å². The average Bonchev–Trinajstić information content (AvgIpc) is 3.08. The molecule has 3 rings (SSSR count). The maximum atomic E-state index is 11.8. The van der Waals surface area contributed by atoms with Crippen molar-refractivity contribution in [1.82, 2.24) is 14.9 Å². The highest BCUT2D eigenvalue weighted by molar-refractivity contribution is 5.87. The molecular weight excluding hydrogens is 386 g/mol. The summed E-state index contributed by atoms with van der Waals surface area (Å²) in [7, 11) is 4.11. The van der Waals surface area contributed by atoms with Crippen LogP contribution in [0.4, 0.5) is 0 Å². The third kappa shape index (κ3) is 6.93. The number of H-pyrrole nitrogens is 1. The fourth-order valence-electron chi connectivity index (χ4n) is 3.25. The fourth-order valence-corrected chi connectivity index (χ4v) is 3.25. The number of benzene rings is 2. The Morgan fingerprint density at radius 1 is 1.06 bits per heavy atom. The van der Waals surface area contributed by atoms with Crippen LogP contribution in [0.15, 0.2) is 60.7 Å². The number of nitrogens with zero attached hydrogens (tertiary/aromatic N) is 2. The average molecular weight is 418 g/mol. The van der Waals surface area contributed by atoms with Gasteiger partial charge in [-0.25, -0.2) is 9.78 Å². The zero-order valence-electron chi connectivity index (χ0n) is 19.0. The van der Waals surface area contributed by atoms with Crippen LogP contribution in [0.1, 0.15) is 43.4 Å². The highest BCUT2D eigenvalue weighted by Crippen LogP contribution is 2.23. The van der Waals surface area contributed by atoms with E-state index in [4.69, 9.17) is 9.72 Å². The second kappa shape index (κ2) is 9.75. The number of ether oxygens (including phenoxy) is 1. The van der Waals surface area contributed by atoms with Crippen LogP contribution in [0.3, 0.4) is 0 Å². The molecule has 0 unspecified atom stereocenters. The molecule has 0 saturated carbocycles. The van der Waals surface area contributed by atoms with Gasteiger partial charge in [-0.3, -0.25) is 0 Å². The molecule has 162 valence electrons. The van der Waals surface area contributed by atoms with E-state index in [0.717, 1.165) is 40.4 Å². The smallest absolute Gasteiger partial charge is 0.331 e. The molecule has 0 radical (unpaired) electrons. The first kappa shape index (κ1) is 22.5. The maximum absolute atomic E-state index is 11.8. The third-order valence-corrected chi connectivity index (χ3v) is 4.52. The Labute approximate surface area is 184 Å². The van der Waals surface area contributed by atoms with Crippen LogP contribution in [0.25, 0.3) is 17.3 Å². The van der Waals surface area contributed by atoms with Gasteiger partial charge in [-0.1, -0.05) is 54.6 Å². The fraction of sp³-hybridized carbons (Fsp3) is 0.308. The maximum Gasteiger partial charge on any atom is 0.331 e. The number of aromatic nitrogens is 2. The molecule has 5 heteroatoms. The van der Waals surface area contributed by atoms with Crippen molar-refractivity contribution in [3.8, 4) is 11.3 Å². The molecule has 0 amide bonds. The van der Waals surface area contributed by atoms with E-state index >= 15 is 0 Å². The van der Waals surface area contributed by atoms with Crippen molar-refractivity contribution in [1.29, 1.82) is 0 Å². The minimum absolute atomic E-state index is 0.339. The summed E-state index contributed by atoms with van der Waals surface area (Å²) < 4.78 is 5.30. The van der Waals surface area contributed by atoms with Gasteiger partial charge in [0.05, 0.1) is 11.4 Å². The summed E-state index contributed by atoms with van der Waals surface area (Å²) in [5.74, 6) is 0.599. The monoisotopic (exact) mass is 417 g/mol. The lowest BCUT2D eigenvalue weighted by Crippen LogP contribution is -2.22. The van der Waals surface area contributed by atoms with Crippen LogP contribution in [0.2, 0.25) is 0 Å². The lowest BCUT2D eigenvalue weighted by atomic mass is 10.1. The number of rotatable bonds is 7. The van der Waals surface area contributed by atoms with Gasteiger partial charge in [0.25, 0.3) is 0 Å². The lowest BCUT2D eigenvalue weighted by Gasteiger charge is -2.17. The predicted molar refractivity (Wildman–Crippen MR) is 126 cm³/mol. The van der Waals surface area contributed by atoms with E-state index in [1.165, 1.54) is 6.08 Å². The van der Waals surface area contributed by atoms with Crippen molar-refractivity contribution >= 4 is 12.0 Å². The highest BCUT2D eigenvalue weighted by Gasteiger charge is 2.14. The van der Waals surface area contributed by atoms with Gasteiger partial charge < -0.3 is 14.6 Å². The lowest BCUT2D eigenvalue weighted by molar-refractivity contribution is -0.148. The van der Waals surface area contributed by atoms with E-state index in [-0.39, 0.29) is 5.97 Å². The zero-order valence-corrected chi connectivity index (χ0v) is 19.0. The van der Waals surface area contributed by atoms with Gasteiger partial charge in [-0.05, 0) is 52.1 Å². The normalized spacial score (nSPS) is 11.9. The second-order valence-electron chi connectivity index (χ2n) is 8.90. The van der Waals surface area contributed by atoms with Gasteiger partial charge in [0.15, 0.2) is 0 Å². The van der Waals surface area contributed by atoms with E-state index in [9.17, 15) is 4.79 Å². The molecule has 0 aliphatic heterocycles. The molecule has 0 spiro atoms. The highest BCUT2D eigenvalue weighted by atomic mass is 16.6. The number of aromatic amines is 1. The van der Waals surface area contributed by atoms with Crippen molar-refractivity contribution in [3.05, 3.63) is 83.3 Å². The summed E-state index contributed by atoms with van der Waals surface area (Å²) in [6.45, 7) is 6.37. The van der Waals surface area contributed by atoms with Crippen LogP contribution >= 0.6 is 0 Å². The van der Waals surface area contributed by atoms with Crippen molar-refractivity contribution < 1.29 is 9.53 Å². The molecule has 1 N–H and O–H groups in total. The third-order valence-electron chi connectivity index (χ3n) is 4.52. The molecule has 0 bridgehead atoms. The van der Waals surface area contributed by atoms with Gasteiger partial charge in [0.1, 0.15) is 11.4 Å². The molecule has 0 aliphatic rings. The van der Waals surface area contributed by atoms with Crippen molar-refractivity contribution in [2.75, 3.05) is 14.1 Å². The van der Waals surface area contributed by atoms with Crippen molar-refractivity contribution in [2.24, 2.45) is 0 Å². The van der Waals surface area contributed by atoms with Gasteiger partial charge >= 0.3 is 5.97 Å². The number of imidazole rings is 1. The topological polar surface area (TPSA) is 58.2 Å². The van der Waals surface area contributed by atoms with Crippen LogP contribution in [-0.2, 0) is 22.5 Å². The first-order valence-electron chi connectivity index (χ1n) is 10.5. The Bertz CT molecular complexity index is 1030. The summed E-state index contributed by atoms with van der Waals surface area (Å²) in [5, 5.41) is 0. The van der Waals surface area contributed by atoms with Crippen molar-refractivity contribution in [2.45, 2.75) is 39.3 Å². The minimum atomic E-state index is -0.488. The van der Waals surface area contributed by atoms with Gasteiger partial charge in [-0.2, -0.15) is 0 Å². The molecule has 3 aromatic rings. The number of esters is 1. The molecule has 31 heavy (non-hydrogen) atoms. The van der Waals surface area contributed by atoms with Crippen molar-refractivity contribution in [3.63, 3.8) is 0 Å². The molecule has 5 nitrogen and oxygen atoms in total. The Hall–Kier alpha value is -3.18. The van der Waals surface area contributed by atoms with E-state index in [0.29, 0.717) is 6.42 Å². The van der Waals surface area contributed by atoms with Crippen LogP contribution < -0.4 is 0 Å². The molecule has 0 fully saturated rings. The summed E-state index contributed by atoms with van der Waals surface area (Å²) in [4.78, 5) is 22.4. The van der Waals surface area contributed by atoms with Crippen LogP contribution in [0.5, 0.6) is 0 Å². The predicted octanol–water partition coefficient (Wildman–Crippen LogP) is 5.08. The Morgan fingerprint density at radius 2 is 1.74 bits per heavy atom. The largest absolute Gasteiger partial charge is 0.457 e. The van der Waals surface area contributed by atoms with Gasteiger partial charge in [0.2, 0.25) is 0 Å². The Kier molecular flexibility index (Phi) is 7.08. The quantitative estimate of drug-likeness (QED) is 0.430. The summed E-state index contributed by atoms with van der Waals surface area (Å²) in [6, 6.07) is 18.4. The molecule has 2 aromatic carbocycles. The molecule has 0 aliphatic carbocycles. The SMILES string of the molecule is CN(C)Cc1[nH]c(Cc2ccc(/C=C/C(=O)OC(C)(C)C)cc2)nc1-c1ccccc1. The number of hydrogen-bond donors (Lipinski definition) is 1. The minimum Gasteiger partial charge on any atom is -0.457 e. The Morgan fingerprint density at radius 3 is 2.35 bits per heavy atom. The molecule has 1 heterocycles. The summed E-state index contributed by atoms with van der Waals surface area (Å²) >= 11 is 0. The van der Waals surface area contributed by atoms with Gasteiger partial charge in [-0.15, -0.1) is 0 Å². The number of hydrogen-bond acceptors (Lipinski definition) is 4. The summed E-state index contributed by atoms with van der Waals surface area (Å²) in [5.41, 5.74) is 4.85. The number of carbonyl (C=O) groups is 1. The van der Waals surface area contributed by atoms with Crippen LogP contribution in [0, 0.1) is 0 Å². The molecular formula is C26H31N3O2. The van der Waals surface area contributed by atoms with E-state index in [1.807, 2.05) is 51.1 Å². The van der Waals surface area contributed by atoms with E-state index < -0.39 is 5.60 Å². The molecule has 0 saturated heterocycles. The standard InChI is InChI=1S/C26H31N3O2/c1-26(2,3)31-24(30)16-15-19-11-13-20(14-12-19)17-23-27-22(18-29(4)5)25(28-23)21-9-7-6-8-10-21/h6-16H,17-18H2,1-5H3,(H,27,28)/b16-15+. The van der Waals surface area contributed by atoms with E-state index in [2.05, 4.69) is 48.2 Å². The second-order valence-corrected chi connectivity index (χ2v) is 8.90. The zero-order chi connectivity index (χ0) is 22.4. The number of nitrogens with one attached hydrogen (secondary N) is 1. The van der Waals surface area contributed by atoms with Crippen LogP contribution in [-0.4, -0.2) is 40.5 Å². The Balaban J connectivity index is 1.72. The first-order chi connectivity index (χ1) is 14.7. The summed E-state index contributed by atoms with van der Waals surface area (Å²) in [6.07, 6.45) is 3.95.